The van der Waals surface area contributed by atoms with Crippen LogP contribution in [0.25, 0.3) is 10.9 Å². The van der Waals surface area contributed by atoms with Crippen LogP contribution in [-0.2, 0) is 0 Å². The van der Waals surface area contributed by atoms with Crippen LogP contribution in [0.5, 0.6) is 0 Å². The molecular weight excluding hydrogens is 220 g/mol. The first kappa shape index (κ1) is 12.6. The van der Waals surface area contributed by atoms with Gasteiger partial charge in [0.15, 0.2) is 0 Å². The number of nitrogens with zero attached hydrogens (tertiary/aromatic N) is 1. The number of allylic oxidation sites excluding steroid dienone is 1. The van der Waals surface area contributed by atoms with Crippen molar-refractivity contribution < 1.29 is 0 Å². The third kappa shape index (κ3) is 2.89. The maximum absolute atomic E-state index is 4.63. The van der Waals surface area contributed by atoms with Crippen LogP contribution in [0.1, 0.15) is 25.5 Å². The summed E-state index contributed by atoms with van der Waals surface area (Å²) in [5, 5.41) is 4.72. The molecule has 2 nitrogen and oxygen atoms in total. The highest BCUT2D eigenvalue weighted by Crippen LogP contribution is 2.22. The summed E-state index contributed by atoms with van der Waals surface area (Å²) in [4.78, 5) is 4.63. The molecule has 1 aromatic heterocycles. The fourth-order valence-corrected chi connectivity index (χ4v) is 2.07. The molecule has 0 aliphatic rings. The second-order valence-electron chi connectivity index (χ2n) is 4.74. The molecule has 0 saturated heterocycles. The SMILES string of the molecule is C=CCCC(C)Nc1cccc2ccc(C)nc12. The van der Waals surface area contributed by atoms with E-state index in [1.54, 1.807) is 0 Å². The van der Waals surface area contributed by atoms with Crippen molar-refractivity contribution in [3.8, 4) is 0 Å². The van der Waals surface area contributed by atoms with Gasteiger partial charge in [-0.2, -0.15) is 0 Å². The number of rotatable bonds is 5. The van der Waals surface area contributed by atoms with E-state index in [1.165, 1.54) is 5.39 Å². The standard InChI is InChI=1S/C16H20N2/c1-4-5-7-12(2)17-15-9-6-8-14-11-10-13(3)18-16(14)15/h4,6,8-12,17H,1,5,7H2,2-3H3. The van der Waals surface area contributed by atoms with E-state index >= 15 is 0 Å². The Labute approximate surface area is 109 Å². The Morgan fingerprint density at radius 1 is 1.33 bits per heavy atom. The Kier molecular flexibility index (Phi) is 3.98. The molecule has 2 rings (SSSR count). The number of hydrogen-bond acceptors (Lipinski definition) is 2. The van der Waals surface area contributed by atoms with Crippen molar-refractivity contribution in [2.24, 2.45) is 0 Å². The fourth-order valence-electron chi connectivity index (χ4n) is 2.07. The molecule has 2 aromatic rings. The van der Waals surface area contributed by atoms with Gasteiger partial charge in [-0.3, -0.25) is 4.98 Å². The third-order valence-electron chi connectivity index (χ3n) is 3.07. The number of aromatic nitrogens is 1. The summed E-state index contributed by atoms with van der Waals surface area (Å²) in [7, 11) is 0. The van der Waals surface area contributed by atoms with Crippen LogP contribution in [0.2, 0.25) is 0 Å². The summed E-state index contributed by atoms with van der Waals surface area (Å²) in [6.07, 6.45) is 4.08. The van der Waals surface area contributed by atoms with Crippen LogP contribution in [0, 0.1) is 6.92 Å². The first-order chi connectivity index (χ1) is 8.70. The molecule has 1 atom stereocenters. The molecule has 0 amide bonds. The first-order valence-electron chi connectivity index (χ1n) is 6.44. The summed E-state index contributed by atoms with van der Waals surface area (Å²) < 4.78 is 0. The molecule has 0 radical (unpaired) electrons. The normalized spacial score (nSPS) is 12.3. The zero-order valence-corrected chi connectivity index (χ0v) is 11.1. The predicted molar refractivity (Wildman–Crippen MR) is 79.0 cm³/mol. The number of hydrogen-bond donors (Lipinski definition) is 1. The molecule has 0 aliphatic heterocycles. The Morgan fingerprint density at radius 3 is 2.94 bits per heavy atom. The van der Waals surface area contributed by atoms with E-state index in [4.69, 9.17) is 0 Å². The van der Waals surface area contributed by atoms with E-state index in [0.29, 0.717) is 6.04 Å². The zero-order chi connectivity index (χ0) is 13.0. The number of benzene rings is 1. The number of pyridine rings is 1. The second-order valence-corrected chi connectivity index (χ2v) is 4.74. The van der Waals surface area contributed by atoms with E-state index in [0.717, 1.165) is 29.7 Å². The number of anilines is 1. The van der Waals surface area contributed by atoms with E-state index in [9.17, 15) is 0 Å². The number of nitrogens with one attached hydrogen (secondary N) is 1. The van der Waals surface area contributed by atoms with E-state index < -0.39 is 0 Å². The lowest BCUT2D eigenvalue weighted by Crippen LogP contribution is -2.15. The van der Waals surface area contributed by atoms with Gasteiger partial charge in [0.05, 0.1) is 11.2 Å². The molecule has 0 aliphatic carbocycles. The summed E-state index contributed by atoms with van der Waals surface area (Å²) in [6, 6.07) is 10.9. The van der Waals surface area contributed by atoms with Crippen molar-refractivity contribution in [1.29, 1.82) is 0 Å². The van der Waals surface area contributed by atoms with E-state index in [1.807, 2.05) is 19.1 Å². The summed E-state index contributed by atoms with van der Waals surface area (Å²) >= 11 is 0. The number of fused-ring (bicyclic) bond motifs is 1. The maximum atomic E-state index is 4.63. The van der Waals surface area contributed by atoms with Crippen LogP contribution in [0.15, 0.2) is 43.0 Å². The largest absolute Gasteiger partial charge is 0.381 e. The van der Waals surface area contributed by atoms with Crippen molar-refractivity contribution >= 4 is 16.6 Å². The Morgan fingerprint density at radius 2 is 2.17 bits per heavy atom. The number of para-hydroxylation sites is 1. The van der Waals surface area contributed by atoms with Gasteiger partial charge in [-0.1, -0.05) is 24.3 Å². The molecule has 0 saturated carbocycles. The Hall–Kier alpha value is -1.83. The second kappa shape index (κ2) is 5.67. The molecule has 0 bridgehead atoms. The summed E-state index contributed by atoms with van der Waals surface area (Å²) in [5.41, 5.74) is 3.23. The minimum atomic E-state index is 0.427. The molecule has 1 N–H and O–H groups in total. The van der Waals surface area contributed by atoms with Crippen molar-refractivity contribution in [3.05, 3.63) is 48.7 Å². The fraction of sp³-hybridized carbons (Fsp3) is 0.312. The molecule has 1 unspecified atom stereocenters. The van der Waals surface area contributed by atoms with Gasteiger partial charge in [-0.15, -0.1) is 6.58 Å². The van der Waals surface area contributed by atoms with Crippen molar-refractivity contribution in [2.75, 3.05) is 5.32 Å². The summed E-state index contributed by atoms with van der Waals surface area (Å²) in [5.74, 6) is 0. The van der Waals surface area contributed by atoms with Gasteiger partial charge in [-0.25, -0.2) is 0 Å². The zero-order valence-electron chi connectivity index (χ0n) is 11.1. The van der Waals surface area contributed by atoms with Crippen LogP contribution >= 0.6 is 0 Å². The minimum Gasteiger partial charge on any atom is -0.381 e. The third-order valence-corrected chi connectivity index (χ3v) is 3.07. The Bertz CT molecular complexity index is 546. The highest BCUT2D eigenvalue weighted by Gasteiger charge is 2.05. The van der Waals surface area contributed by atoms with Crippen LogP contribution in [0.3, 0.4) is 0 Å². The van der Waals surface area contributed by atoms with Gasteiger partial charge in [0.1, 0.15) is 0 Å². The lowest BCUT2D eigenvalue weighted by molar-refractivity contribution is 0.719. The quantitative estimate of drug-likeness (QED) is 0.788. The van der Waals surface area contributed by atoms with Gasteiger partial charge < -0.3 is 5.32 Å². The van der Waals surface area contributed by atoms with Crippen LogP contribution in [0.4, 0.5) is 5.69 Å². The van der Waals surface area contributed by atoms with Gasteiger partial charge in [0, 0.05) is 17.1 Å². The predicted octanol–water partition coefficient (Wildman–Crippen LogP) is 4.31. The molecule has 18 heavy (non-hydrogen) atoms. The maximum Gasteiger partial charge on any atom is 0.0936 e. The van der Waals surface area contributed by atoms with Gasteiger partial charge in [0.25, 0.3) is 0 Å². The average molecular weight is 240 g/mol. The lowest BCUT2D eigenvalue weighted by atomic mass is 10.1. The van der Waals surface area contributed by atoms with E-state index in [2.05, 4.69) is 48.1 Å². The molecule has 0 fully saturated rings. The van der Waals surface area contributed by atoms with Crippen molar-refractivity contribution in [1.82, 2.24) is 4.98 Å². The van der Waals surface area contributed by atoms with Gasteiger partial charge in [0.2, 0.25) is 0 Å². The number of aryl methyl sites for hydroxylation is 1. The monoisotopic (exact) mass is 240 g/mol. The van der Waals surface area contributed by atoms with Crippen LogP contribution in [-0.4, -0.2) is 11.0 Å². The van der Waals surface area contributed by atoms with Gasteiger partial charge >= 0.3 is 0 Å². The molecular formula is C16H20N2. The topological polar surface area (TPSA) is 24.9 Å². The summed E-state index contributed by atoms with van der Waals surface area (Å²) in [6.45, 7) is 7.98. The smallest absolute Gasteiger partial charge is 0.0936 e. The minimum absolute atomic E-state index is 0.427. The first-order valence-corrected chi connectivity index (χ1v) is 6.44. The molecule has 2 heteroatoms. The Balaban J connectivity index is 2.27. The molecule has 94 valence electrons. The molecule has 0 spiro atoms. The average Bonchev–Trinajstić information content (AvgIpc) is 2.37. The van der Waals surface area contributed by atoms with Crippen molar-refractivity contribution in [3.63, 3.8) is 0 Å². The highest BCUT2D eigenvalue weighted by molar-refractivity contribution is 5.90. The van der Waals surface area contributed by atoms with E-state index in [-0.39, 0.29) is 0 Å². The van der Waals surface area contributed by atoms with Gasteiger partial charge in [-0.05, 0) is 38.8 Å². The van der Waals surface area contributed by atoms with Crippen LogP contribution < -0.4 is 5.32 Å². The highest BCUT2D eigenvalue weighted by atomic mass is 14.9. The van der Waals surface area contributed by atoms with Crippen molar-refractivity contribution in [2.45, 2.75) is 32.7 Å². The molecule has 1 heterocycles. The lowest BCUT2D eigenvalue weighted by Gasteiger charge is -2.16. The molecule has 1 aromatic carbocycles.